The Hall–Kier alpha value is 1.00. The van der Waals surface area contributed by atoms with E-state index in [9.17, 15) is 0 Å². The summed E-state index contributed by atoms with van der Waals surface area (Å²) in [6.07, 6.45) is 0. The van der Waals surface area contributed by atoms with E-state index in [2.05, 4.69) is 96.4 Å². The topological polar surface area (TPSA) is 13.0 Å². The van der Waals surface area contributed by atoms with E-state index < -0.39 is 4.85 Å². The summed E-state index contributed by atoms with van der Waals surface area (Å²) in [7, 11) is 4.53. The van der Waals surface area contributed by atoms with Crippen molar-refractivity contribution in [2.45, 2.75) is 41.5 Å². The Morgan fingerprint density at radius 1 is 0.600 bits per heavy atom. The summed E-state index contributed by atoms with van der Waals surface area (Å²) in [6, 6.07) is 0. The Labute approximate surface area is 140 Å². The van der Waals surface area contributed by atoms with E-state index in [1.54, 1.807) is 0 Å². The van der Waals surface area contributed by atoms with Crippen LogP contribution in [0.4, 0.5) is 0 Å². The Kier molecular flexibility index (Phi) is 9.01. The van der Waals surface area contributed by atoms with Gasteiger partial charge in [-0.25, -0.2) is 0 Å². The van der Waals surface area contributed by atoms with Gasteiger partial charge in [0.05, 0.1) is 0 Å². The molecule has 0 atom stereocenters. The Morgan fingerprint density at radius 3 is 0.900 bits per heavy atom. The molecular formula is C14H36IN4P. The van der Waals surface area contributed by atoms with Gasteiger partial charge in [0.15, 0.2) is 0 Å². The molecule has 20 heavy (non-hydrogen) atoms. The SMILES string of the molecule is CCN(CC)P(I)(N(C)C)(N(CC)CC)N(CC)CC. The van der Waals surface area contributed by atoms with E-state index in [1.807, 2.05) is 0 Å². The fraction of sp³-hybridized carbons (Fsp3) is 1.00. The second-order valence-corrected chi connectivity index (χ2v) is 14.5. The van der Waals surface area contributed by atoms with Gasteiger partial charge in [0.2, 0.25) is 0 Å². The summed E-state index contributed by atoms with van der Waals surface area (Å²) in [6.45, 7) is 20.3. The van der Waals surface area contributed by atoms with Crippen molar-refractivity contribution in [2.24, 2.45) is 0 Å². The Bertz CT molecular complexity index is 242. The summed E-state index contributed by atoms with van der Waals surface area (Å²) in [4.78, 5) is -2.46. The molecular weight excluding hydrogens is 382 g/mol. The van der Waals surface area contributed by atoms with Crippen LogP contribution < -0.4 is 0 Å². The van der Waals surface area contributed by atoms with Crippen molar-refractivity contribution < 1.29 is 0 Å². The summed E-state index contributed by atoms with van der Waals surface area (Å²) >= 11 is 2.82. The van der Waals surface area contributed by atoms with Crippen LogP contribution in [0.2, 0.25) is 0 Å². The molecule has 0 aliphatic rings. The van der Waals surface area contributed by atoms with Crippen LogP contribution in [0, 0.1) is 0 Å². The summed E-state index contributed by atoms with van der Waals surface area (Å²) in [5.41, 5.74) is 0. The Balaban J connectivity index is 6.32. The first kappa shape index (κ1) is 21.0. The summed E-state index contributed by atoms with van der Waals surface area (Å²) in [5, 5.41) is 0. The van der Waals surface area contributed by atoms with Crippen LogP contribution in [-0.2, 0) is 0 Å². The molecule has 0 bridgehead atoms. The molecule has 0 unspecified atom stereocenters. The van der Waals surface area contributed by atoms with Gasteiger partial charge in [-0.3, -0.25) is 0 Å². The van der Waals surface area contributed by atoms with E-state index in [0.29, 0.717) is 0 Å². The van der Waals surface area contributed by atoms with Crippen LogP contribution in [0.15, 0.2) is 0 Å². The monoisotopic (exact) mass is 418 g/mol. The number of hydrogen-bond acceptors (Lipinski definition) is 4. The normalized spacial score (nSPS) is 15.3. The number of hydrogen-bond donors (Lipinski definition) is 0. The van der Waals surface area contributed by atoms with Crippen molar-refractivity contribution in [2.75, 3.05) is 53.4 Å². The van der Waals surface area contributed by atoms with Gasteiger partial charge in [-0.15, -0.1) is 0 Å². The van der Waals surface area contributed by atoms with Crippen LogP contribution >= 0.6 is 26.9 Å². The molecule has 0 spiro atoms. The molecule has 0 aromatic heterocycles. The van der Waals surface area contributed by atoms with Gasteiger partial charge >= 0.3 is 140 Å². The molecule has 0 radical (unpaired) electrons. The third-order valence-electron chi connectivity index (χ3n) is 4.34. The average Bonchev–Trinajstić information content (AvgIpc) is 2.42. The zero-order chi connectivity index (χ0) is 16.0. The van der Waals surface area contributed by atoms with Gasteiger partial charge in [-0.05, 0) is 0 Å². The van der Waals surface area contributed by atoms with Gasteiger partial charge in [0.1, 0.15) is 0 Å². The van der Waals surface area contributed by atoms with Crippen LogP contribution in [0.3, 0.4) is 0 Å². The van der Waals surface area contributed by atoms with Crippen LogP contribution in [0.25, 0.3) is 0 Å². The zero-order valence-electron chi connectivity index (χ0n) is 14.9. The minimum atomic E-state index is -2.46. The minimum absolute atomic E-state index is 1.09. The predicted molar refractivity (Wildman–Crippen MR) is 103 cm³/mol. The molecule has 4 nitrogen and oxygen atoms in total. The van der Waals surface area contributed by atoms with E-state index in [0.717, 1.165) is 39.3 Å². The molecule has 0 aromatic carbocycles. The van der Waals surface area contributed by atoms with Gasteiger partial charge in [-0.1, -0.05) is 0 Å². The molecule has 0 aliphatic carbocycles. The van der Waals surface area contributed by atoms with Gasteiger partial charge in [0, 0.05) is 0 Å². The van der Waals surface area contributed by atoms with Crippen molar-refractivity contribution in [3.05, 3.63) is 0 Å². The molecule has 0 saturated heterocycles. The van der Waals surface area contributed by atoms with E-state index >= 15 is 0 Å². The number of rotatable bonds is 10. The fourth-order valence-electron chi connectivity index (χ4n) is 3.43. The molecule has 0 rings (SSSR count). The molecule has 0 saturated carbocycles. The van der Waals surface area contributed by atoms with Gasteiger partial charge < -0.3 is 0 Å². The molecule has 0 fully saturated rings. The first-order valence-corrected chi connectivity index (χ1v) is 12.8. The summed E-state index contributed by atoms with van der Waals surface area (Å²) < 4.78 is 10.6. The quantitative estimate of drug-likeness (QED) is 0.391. The second-order valence-electron chi connectivity index (χ2n) is 5.10. The van der Waals surface area contributed by atoms with Gasteiger partial charge in [-0.2, -0.15) is 0 Å². The third kappa shape index (κ3) is 3.04. The van der Waals surface area contributed by atoms with E-state index in [-0.39, 0.29) is 0 Å². The average molecular weight is 418 g/mol. The van der Waals surface area contributed by atoms with Crippen LogP contribution in [0.5, 0.6) is 0 Å². The number of halogens is 1. The first-order valence-electron chi connectivity index (χ1n) is 8.00. The molecule has 124 valence electrons. The molecule has 0 aromatic rings. The van der Waals surface area contributed by atoms with E-state index in [1.165, 1.54) is 0 Å². The molecule has 6 heteroatoms. The van der Waals surface area contributed by atoms with Crippen molar-refractivity contribution in [1.29, 1.82) is 0 Å². The molecule has 0 amide bonds. The van der Waals surface area contributed by atoms with Crippen molar-refractivity contribution >= 4 is 26.9 Å². The van der Waals surface area contributed by atoms with Crippen molar-refractivity contribution in [1.82, 2.24) is 18.7 Å². The maximum absolute atomic E-state index is 2.82. The zero-order valence-corrected chi connectivity index (χ0v) is 17.9. The third-order valence-corrected chi connectivity index (χ3v) is 18.4. The predicted octanol–water partition coefficient (Wildman–Crippen LogP) is 4.14. The van der Waals surface area contributed by atoms with Crippen LogP contribution in [-0.4, -0.2) is 72.0 Å². The molecule has 0 heterocycles. The van der Waals surface area contributed by atoms with Crippen molar-refractivity contribution in [3.8, 4) is 0 Å². The maximum atomic E-state index is 2.82. The fourth-order valence-corrected chi connectivity index (χ4v) is 14.4. The summed E-state index contributed by atoms with van der Waals surface area (Å²) in [5.74, 6) is 0. The first-order chi connectivity index (χ1) is 9.33. The Morgan fingerprint density at radius 2 is 0.800 bits per heavy atom. The number of nitrogens with zero attached hydrogens (tertiary/aromatic N) is 4. The second kappa shape index (κ2) is 8.59. The van der Waals surface area contributed by atoms with Crippen molar-refractivity contribution in [3.63, 3.8) is 0 Å². The standard InChI is InChI=1S/C14H36IN4P/c1-9-17(10-2)20(15,16(7)8,18(11-3)12-4)19(13-5)14-6/h9-14H2,1-8H3. The van der Waals surface area contributed by atoms with Crippen LogP contribution in [0.1, 0.15) is 41.5 Å². The molecule has 0 aliphatic heterocycles. The van der Waals surface area contributed by atoms with Gasteiger partial charge in [0.25, 0.3) is 0 Å². The molecule has 0 N–H and O–H groups in total. The van der Waals surface area contributed by atoms with E-state index in [4.69, 9.17) is 0 Å².